The van der Waals surface area contributed by atoms with E-state index in [0.29, 0.717) is 0 Å². The number of nitrogens with one attached hydrogen (secondary N) is 1. The smallest absolute Gasteiger partial charge is 0.349 e. The summed E-state index contributed by atoms with van der Waals surface area (Å²) in [6.45, 7) is 1.40. The second-order valence-electron chi connectivity index (χ2n) is 3.45. The number of carbonyl (C=O) groups is 2. The van der Waals surface area contributed by atoms with E-state index in [1.54, 1.807) is 0 Å². The van der Waals surface area contributed by atoms with E-state index in [9.17, 15) is 18.0 Å². The average Bonchev–Trinajstić information content (AvgIpc) is 2.86. The molecule has 1 aromatic heterocycles. The Morgan fingerprint density at radius 3 is 2.53 bits per heavy atom. The van der Waals surface area contributed by atoms with Crippen LogP contribution in [0.5, 0.6) is 0 Å². The number of ether oxygens (including phenoxy) is 2. The number of methoxy groups -OCH3 is 2. The van der Waals surface area contributed by atoms with Gasteiger partial charge in [0, 0.05) is 7.11 Å². The van der Waals surface area contributed by atoms with Crippen molar-refractivity contribution in [3.8, 4) is 0 Å². The van der Waals surface area contributed by atoms with Gasteiger partial charge in [-0.1, -0.05) is 0 Å². The Labute approximate surface area is 114 Å². The third kappa shape index (κ3) is 3.52. The van der Waals surface area contributed by atoms with Gasteiger partial charge >= 0.3 is 5.97 Å². The lowest BCUT2D eigenvalue weighted by Gasteiger charge is -2.10. The van der Waals surface area contributed by atoms with Gasteiger partial charge in [-0.05, 0) is 18.4 Å². The lowest BCUT2D eigenvalue weighted by molar-refractivity contribution is -0.128. The van der Waals surface area contributed by atoms with Crippen molar-refractivity contribution in [2.75, 3.05) is 14.2 Å². The molecule has 1 atom stereocenters. The Bertz CT molecular complexity index is 577. The first kappa shape index (κ1) is 15.6. The van der Waals surface area contributed by atoms with E-state index in [2.05, 4.69) is 4.74 Å². The Hall–Kier alpha value is -1.45. The minimum atomic E-state index is -4.13. The largest absolute Gasteiger partial charge is 0.465 e. The molecule has 0 fully saturated rings. The van der Waals surface area contributed by atoms with Gasteiger partial charge in [-0.25, -0.2) is 17.9 Å². The minimum Gasteiger partial charge on any atom is -0.465 e. The summed E-state index contributed by atoms with van der Waals surface area (Å²) < 4.78 is 35.0. The molecule has 1 aromatic rings. The van der Waals surface area contributed by atoms with Crippen LogP contribution in [0.15, 0.2) is 16.3 Å². The van der Waals surface area contributed by atoms with Gasteiger partial charge in [-0.2, -0.15) is 0 Å². The first-order valence-electron chi connectivity index (χ1n) is 5.08. The van der Waals surface area contributed by atoms with Crippen LogP contribution < -0.4 is 4.72 Å². The number of hydrogen-bond donors (Lipinski definition) is 1. The first-order chi connectivity index (χ1) is 8.83. The number of sulfonamides is 1. The molecule has 0 spiro atoms. The summed E-state index contributed by atoms with van der Waals surface area (Å²) in [5.74, 6) is -1.59. The number of hydrogen-bond acceptors (Lipinski definition) is 7. The van der Waals surface area contributed by atoms with E-state index in [-0.39, 0.29) is 9.77 Å². The Morgan fingerprint density at radius 2 is 2.00 bits per heavy atom. The van der Waals surface area contributed by atoms with Crippen LogP contribution in [0, 0.1) is 0 Å². The average molecular weight is 307 g/mol. The van der Waals surface area contributed by atoms with E-state index in [4.69, 9.17) is 4.74 Å². The molecule has 106 valence electrons. The lowest BCUT2D eigenvalue weighted by Crippen LogP contribution is -2.38. The molecule has 7 nitrogen and oxygen atoms in total. The topological polar surface area (TPSA) is 98.8 Å². The maximum absolute atomic E-state index is 12.0. The Morgan fingerprint density at radius 1 is 1.37 bits per heavy atom. The van der Waals surface area contributed by atoms with E-state index in [1.807, 2.05) is 4.72 Å². The number of amides is 1. The standard InChI is InChI=1S/C10H13NO6S2/c1-6(16-2)9(12)11-19(14,15)7-4-5-18-8(7)10(13)17-3/h4-6H,1-3H3,(H,11,12)/t6-/m1/s1. The number of esters is 1. The predicted octanol–water partition coefficient (Wildman–Crippen LogP) is 0.374. The van der Waals surface area contributed by atoms with Crippen molar-refractivity contribution in [3.63, 3.8) is 0 Å². The van der Waals surface area contributed by atoms with Crippen LogP contribution in [0.1, 0.15) is 16.6 Å². The van der Waals surface area contributed by atoms with Gasteiger partial charge in [0.25, 0.3) is 15.9 Å². The molecule has 0 saturated heterocycles. The van der Waals surface area contributed by atoms with Crippen molar-refractivity contribution < 1.29 is 27.5 Å². The maximum atomic E-state index is 12.0. The van der Waals surface area contributed by atoms with Crippen molar-refractivity contribution in [3.05, 3.63) is 16.3 Å². The monoisotopic (exact) mass is 307 g/mol. The molecule has 19 heavy (non-hydrogen) atoms. The first-order valence-corrected chi connectivity index (χ1v) is 7.45. The highest BCUT2D eigenvalue weighted by Crippen LogP contribution is 2.22. The fourth-order valence-electron chi connectivity index (χ4n) is 1.13. The van der Waals surface area contributed by atoms with E-state index in [0.717, 1.165) is 18.4 Å². The molecule has 0 saturated carbocycles. The summed E-state index contributed by atoms with van der Waals surface area (Å²) in [6, 6.07) is 1.23. The molecule has 0 bridgehead atoms. The van der Waals surface area contributed by atoms with Gasteiger partial charge in [-0.3, -0.25) is 4.79 Å². The van der Waals surface area contributed by atoms with Crippen molar-refractivity contribution in [1.82, 2.24) is 4.72 Å². The van der Waals surface area contributed by atoms with E-state index >= 15 is 0 Å². The van der Waals surface area contributed by atoms with Crippen LogP contribution in [0.2, 0.25) is 0 Å². The molecule has 0 aliphatic carbocycles. The van der Waals surface area contributed by atoms with Crippen molar-refractivity contribution in [2.24, 2.45) is 0 Å². The summed E-state index contributed by atoms with van der Waals surface area (Å²) in [6.07, 6.45) is -0.921. The fraction of sp³-hybridized carbons (Fsp3) is 0.400. The summed E-state index contributed by atoms with van der Waals surface area (Å²) in [5, 5.41) is 1.42. The second kappa shape index (κ2) is 6.13. The van der Waals surface area contributed by atoms with Crippen LogP contribution in [-0.4, -0.2) is 40.6 Å². The quantitative estimate of drug-likeness (QED) is 0.789. The summed E-state index contributed by atoms with van der Waals surface area (Å²) in [4.78, 5) is 22.5. The second-order valence-corrected chi connectivity index (χ2v) is 6.02. The molecular formula is C10H13NO6S2. The van der Waals surface area contributed by atoms with Crippen LogP contribution in [0.25, 0.3) is 0 Å². The Kier molecular flexibility index (Phi) is 5.04. The SMILES string of the molecule is COC(=O)c1sccc1S(=O)(=O)NC(=O)[C@@H](C)OC. The van der Waals surface area contributed by atoms with Crippen molar-refractivity contribution in [2.45, 2.75) is 17.9 Å². The zero-order valence-electron chi connectivity index (χ0n) is 10.5. The molecule has 0 radical (unpaired) electrons. The predicted molar refractivity (Wildman–Crippen MR) is 67.5 cm³/mol. The van der Waals surface area contributed by atoms with E-state index in [1.165, 1.54) is 25.5 Å². The van der Waals surface area contributed by atoms with Gasteiger partial charge in [0.05, 0.1) is 7.11 Å². The fourth-order valence-corrected chi connectivity index (χ4v) is 3.51. The van der Waals surface area contributed by atoms with Gasteiger partial charge in [-0.15, -0.1) is 11.3 Å². The summed E-state index contributed by atoms with van der Waals surface area (Å²) in [7, 11) is -1.71. The number of carbonyl (C=O) groups excluding carboxylic acids is 2. The highest BCUT2D eigenvalue weighted by molar-refractivity contribution is 7.90. The molecule has 9 heteroatoms. The van der Waals surface area contributed by atoms with Gasteiger partial charge < -0.3 is 9.47 Å². The van der Waals surface area contributed by atoms with Crippen LogP contribution in [0.4, 0.5) is 0 Å². The molecule has 1 amide bonds. The molecule has 0 aliphatic rings. The Balaban J connectivity index is 3.05. The van der Waals surface area contributed by atoms with Gasteiger partial charge in [0.1, 0.15) is 15.9 Å². The molecule has 0 aliphatic heterocycles. The highest BCUT2D eigenvalue weighted by Gasteiger charge is 2.27. The van der Waals surface area contributed by atoms with Crippen molar-refractivity contribution in [1.29, 1.82) is 0 Å². The zero-order valence-corrected chi connectivity index (χ0v) is 12.1. The van der Waals surface area contributed by atoms with Crippen LogP contribution >= 0.6 is 11.3 Å². The highest BCUT2D eigenvalue weighted by atomic mass is 32.2. The normalized spacial score (nSPS) is 12.8. The number of rotatable bonds is 5. The van der Waals surface area contributed by atoms with Gasteiger partial charge in [0.15, 0.2) is 0 Å². The van der Waals surface area contributed by atoms with Crippen LogP contribution in [-0.2, 0) is 24.3 Å². The zero-order chi connectivity index (χ0) is 14.6. The molecule has 1 rings (SSSR count). The van der Waals surface area contributed by atoms with E-state index < -0.39 is 28.0 Å². The summed E-state index contributed by atoms with van der Waals surface area (Å²) in [5.41, 5.74) is 0. The van der Waals surface area contributed by atoms with Gasteiger partial charge in [0.2, 0.25) is 0 Å². The lowest BCUT2D eigenvalue weighted by atomic mass is 10.4. The molecule has 1 heterocycles. The molecular weight excluding hydrogens is 294 g/mol. The third-order valence-corrected chi connectivity index (χ3v) is 4.66. The minimum absolute atomic E-state index is 0.0899. The third-order valence-electron chi connectivity index (χ3n) is 2.25. The van der Waals surface area contributed by atoms with Crippen LogP contribution in [0.3, 0.4) is 0 Å². The van der Waals surface area contributed by atoms with Crippen molar-refractivity contribution >= 4 is 33.2 Å². The maximum Gasteiger partial charge on any atom is 0.349 e. The molecule has 0 unspecified atom stereocenters. The molecule has 0 aromatic carbocycles. The summed E-state index contributed by atoms with van der Waals surface area (Å²) >= 11 is 0.914. The number of thiophene rings is 1. The molecule has 1 N–H and O–H groups in total.